The van der Waals surface area contributed by atoms with Gasteiger partial charge in [-0.25, -0.2) is 0 Å². The van der Waals surface area contributed by atoms with Gasteiger partial charge in [0.25, 0.3) is 5.91 Å². The molecule has 20 heavy (non-hydrogen) atoms. The smallest absolute Gasteiger partial charge is 0.258 e. The van der Waals surface area contributed by atoms with E-state index >= 15 is 0 Å². The van der Waals surface area contributed by atoms with Crippen molar-refractivity contribution in [1.29, 1.82) is 0 Å². The third-order valence-electron chi connectivity index (χ3n) is 2.80. The highest BCUT2D eigenvalue weighted by Gasteiger charge is 2.14. The lowest BCUT2D eigenvalue weighted by Crippen LogP contribution is -2.46. The Labute approximate surface area is 119 Å². The number of rotatable bonds is 7. The average Bonchev–Trinajstić information content (AvgIpc) is 2.45. The number of carbonyl (C=O) groups excluding carboxylic acids is 2. The van der Waals surface area contributed by atoms with E-state index in [1.165, 1.54) is 0 Å². The Hall–Kier alpha value is -2.04. The molecule has 0 saturated heterocycles. The normalized spacial score (nSPS) is 11.6. The van der Waals surface area contributed by atoms with Crippen molar-refractivity contribution >= 4 is 11.8 Å². The number of carbonyl (C=O) groups is 2. The van der Waals surface area contributed by atoms with Gasteiger partial charge in [-0.2, -0.15) is 0 Å². The first kappa shape index (κ1) is 16.0. The Balaban J connectivity index is 2.41. The predicted octanol–water partition coefficient (Wildman–Crippen LogP) is 1.27. The Morgan fingerprint density at radius 3 is 2.70 bits per heavy atom. The largest absolute Gasteiger partial charge is 0.484 e. The lowest BCUT2D eigenvalue weighted by molar-refractivity contribution is -0.129. The van der Waals surface area contributed by atoms with E-state index < -0.39 is 6.04 Å². The summed E-state index contributed by atoms with van der Waals surface area (Å²) in [7, 11) is 0. The second-order valence-electron chi connectivity index (χ2n) is 4.47. The maximum atomic E-state index is 11.7. The van der Waals surface area contributed by atoms with E-state index in [2.05, 4.69) is 17.6 Å². The first-order valence-corrected chi connectivity index (χ1v) is 6.85. The summed E-state index contributed by atoms with van der Waals surface area (Å²) in [6.45, 7) is 5.97. The second-order valence-corrected chi connectivity index (χ2v) is 4.47. The van der Waals surface area contributed by atoms with Crippen molar-refractivity contribution in [2.24, 2.45) is 0 Å². The standard InChI is InChI=1S/C15H22N2O3/c1-4-12-7-6-8-13(9-12)20-10-14(18)17-11(3)15(19)16-5-2/h6-9,11H,4-5,10H2,1-3H3,(H,16,19)(H,17,18). The van der Waals surface area contributed by atoms with Crippen LogP contribution in [-0.4, -0.2) is 31.0 Å². The fraction of sp³-hybridized carbons (Fsp3) is 0.467. The molecule has 2 amide bonds. The van der Waals surface area contributed by atoms with E-state index in [0.29, 0.717) is 12.3 Å². The Morgan fingerprint density at radius 1 is 1.30 bits per heavy atom. The van der Waals surface area contributed by atoms with Crippen LogP contribution in [0.3, 0.4) is 0 Å². The summed E-state index contributed by atoms with van der Waals surface area (Å²) in [6, 6.07) is 7.04. The van der Waals surface area contributed by atoms with Gasteiger partial charge in [-0.15, -0.1) is 0 Å². The van der Waals surface area contributed by atoms with Crippen molar-refractivity contribution in [1.82, 2.24) is 10.6 Å². The van der Waals surface area contributed by atoms with Crippen LogP contribution in [0.4, 0.5) is 0 Å². The number of hydrogen-bond donors (Lipinski definition) is 2. The Morgan fingerprint density at radius 2 is 2.05 bits per heavy atom. The summed E-state index contributed by atoms with van der Waals surface area (Å²) in [5, 5.41) is 5.23. The molecule has 1 atom stereocenters. The van der Waals surface area contributed by atoms with Crippen LogP contribution in [0.15, 0.2) is 24.3 Å². The summed E-state index contributed by atoms with van der Waals surface area (Å²) >= 11 is 0. The van der Waals surface area contributed by atoms with Crippen molar-refractivity contribution in [3.63, 3.8) is 0 Å². The number of ether oxygens (including phenoxy) is 1. The number of likely N-dealkylation sites (N-methyl/N-ethyl adjacent to an activating group) is 1. The number of aryl methyl sites for hydroxylation is 1. The molecule has 0 spiro atoms. The zero-order chi connectivity index (χ0) is 15.0. The molecular formula is C15H22N2O3. The van der Waals surface area contributed by atoms with Gasteiger partial charge in [-0.3, -0.25) is 9.59 Å². The highest BCUT2D eigenvalue weighted by molar-refractivity contribution is 5.87. The Bertz CT molecular complexity index is 460. The fourth-order valence-electron chi connectivity index (χ4n) is 1.68. The van der Waals surface area contributed by atoms with E-state index in [1.807, 2.05) is 25.1 Å². The molecule has 0 aliphatic carbocycles. The van der Waals surface area contributed by atoms with E-state index in [-0.39, 0.29) is 18.4 Å². The molecule has 1 aromatic rings. The van der Waals surface area contributed by atoms with E-state index in [9.17, 15) is 9.59 Å². The lowest BCUT2D eigenvalue weighted by Gasteiger charge is -2.13. The first-order valence-electron chi connectivity index (χ1n) is 6.85. The molecule has 2 N–H and O–H groups in total. The number of hydrogen-bond acceptors (Lipinski definition) is 3. The van der Waals surface area contributed by atoms with Gasteiger partial charge in [-0.05, 0) is 38.0 Å². The van der Waals surface area contributed by atoms with Gasteiger partial charge in [-0.1, -0.05) is 19.1 Å². The molecule has 1 rings (SSSR count). The van der Waals surface area contributed by atoms with Crippen LogP contribution in [-0.2, 0) is 16.0 Å². The molecule has 5 heteroatoms. The second kappa shape index (κ2) is 8.19. The highest BCUT2D eigenvalue weighted by Crippen LogP contribution is 2.13. The van der Waals surface area contributed by atoms with Crippen LogP contribution >= 0.6 is 0 Å². The summed E-state index contributed by atoms with van der Waals surface area (Å²) in [6.07, 6.45) is 0.914. The quantitative estimate of drug-likeness (QED) is 0.789. The molecular weight excluding hydrogens is 256 g/mol. The SMILES string of the molecule is CCNC(=O)C(C)NC(=O)COc1cccc(CC)c1. The maximum absolute atomic E-state index is 11.7. The number of benzene rings is 1. The maximum Gasteiger partial charge on any atom is 0.258 e. The highest BCUT2D eigenvalue weighted by atomic mass is 16.5. The lowest BCUT2D eigenvalue weighted by atomic mass is 10.2. The minimum Gasteiger partial charge on any atom is -0.484 e. The molecule has 5 nitrogen and oxygen atoms in total. The molecule has 0 saturated carbocycles. The van der Waals surface area contributed by atoms with Crippen LogP contribution in [0.1, 0.15) is 26.3 Å². The molecule has 0 aliphatic rings. The first-order chi connectivity index (χ1) is 9.56. The summed E-state index contributed by atoms with van der Waals surface area (Å²) in [5.41, 5.74) is 1.15. The molecule has 0 aromatic heterocycles. The van der Waals surface area contributed by atoms with Gasteiger partial charge in [0.2, 0.25) is 5.91 Å². The summed E-state index contributed by atoms with van der Waals surface area (Å²) in [4.78, 5) is 23.1. The van der Waals surface area contributed by atoms with Gasteiger partial charge in [0.05, 0.1) is 0 Å². The van der Waals surface area contributed by atoms with Crippen molar-refractivity contribution in [3.8, 4) is 5.75 Å². The molecule has 0 radical (unpaired) electrons. The Kier molecular flexibility index (Phi) is 6.56. The van der Waals surface area contributed by atoms with Crippen LogP contribution in [0.25, 0.3) is 0 Å². The van der Waals surface area contributed by atoms with E-state index in [1.54, 1.807) is 13.0 Å². The predicted molar refractivity (Wildman–Crippen MR) is 77.6 cm³/mol. The van der Waals surface area contributed by atoms with Crippen LogP contribution < -0.4 is 15.4 Å². The average molecular weight is 278 g/mol. The zero-order valence-electron chi connectivity index (χ0n) is 12.2. The van der Waals surface area contributed by atoms with E-state index in [4.69, 9.17) is 4.74 Å². The number of amides is 2. The van der Waals surface area contributed by atoms with Gasteiger partial charge in [0.1, 0.15) is 11.8 Å². The van der Waals surface area contributed by atoms with Gasteiger partial charge in [0.15, 0.2) is 6.61 Å². The third-order valence-corrected chi connectivity index (χ3v) is 2.80. The summed E-state index contributed by atoms with van der Waals surface area (Å²) < 4.78 is 5.41. The van der Waals surface area contributed by atoms with Crippen molar-refractivity contribution in [3.05, 3.63) is 29.8 Å². The van der Waals surface area contributed by atoms with Crippen molar-refractivity contribution < 1.29 is 14.3 Å². The van der Waals surface area contributed by atoms with E-state index in [0.717, 1.165) is 12.0 Å². The summed E-state index contributed by atoms with van der Waals surface area (Å²) in [5.74, 6) is 0.143. The fourth-order valence-corrected chi connectivity index (χ4v) is 1.68. The van der Waals surface area contributed by atoms with Crippen LogP contribution in [0.2, 0.25) is 0 Å². The molecule has 110 valence electrons. The molecule has 0 aliphatic heterocycles. The molecule has 0 bridgehead atoms. The molecule has 1 unspecified atom stereocenters. The zero-order valence-corrected chi connectivity index (χ0v) is 12.2. The molecule has 0 fully saturated rings. The third kappa shape index (κ3) is 5.30. The minimum absolute atomic E-state index is 0.100. The molecule has 1 aromatic carbocycles. The minimum atomic E-state index is -0.562. The molecule has 0 heterocycles. The monoisotopic (exact) mass is 278 g/mol. The number of nitrogens with one attached hydrogen (secondary N) is 2. The van der Waals surface area contributed by atoms with Crippen LogP contribution in [0, 0.1) is 0 Å². The van der Waals surface area contributed by atoms with Gasteiger partial charge >= 0.3 is 0 Å². The van der Waals surface area contributed by atoms with Gasteiger partial charge in [0, 0.05) is 6.54 Å². The van der Waals surface area contributed by atoms with Crippen molar-refractivity contribution in [2.75, 3.05) is 13.2 Å². The topological polar surface area (TPSA) is 67.4 Å². The van der Waals surface area contributed by atoms with Crippen molar-refractivity contribution in [2.45, 2.75) is 33.2 Å². The van der Waals surface area contributed by atoms with Gasteiger partial charge < -0.3 is 15.4 Å². The van der Waals surface area contributed by atoms with Crippen LogP contribution in [0.5, 0.6) is 5.75 Å².